The van der Waals surface area contributed by atoms with Crippen LogP contribution in [-0.4, -0.2) is 40.8 Å². The number of piperidine rings is 1. The number of hydrogen-bond donors (Lipinski definition) is 2. The molecular formula is C18H20FN3O4. The second-order valence-corrected chi connectivity index (χ2v) is 7.05. The second kappa shape index (κ2) is 6.35. The standard InChI is InChI=1S/C18H20FN3O4/c19-16-10-8-22(12-5-7-15(23)21-17(12)24)18(25)9(10)4-6-14(16)26-13-3-1-2-11(13)20/h4,6,11-13H,1-3,5,7-8,20H2,(H,21,23,24). The highest BCUT2D eigenvalue weighted by atomic mass is 19.1. The van der Waals surface area contributed by atoms with E-state index in [0.717, 1.165) is 19.3 Å². The zero-order valence-electron chi connectivity index (χ0n) is 14.2. The van der Waals surface area contributed by atoms with E-state index in [-0.39, 0.29) is 54.3 Å². The second-order valence-electron chi connectivity index (χ2n) is 7.05. The number of imide groups is 1. The predicted molar refractivity (Wildman–Crippen MR) is 88.7 cm³/mol. The third-order valence-corrected chi connectivity index (χ3v) is 5.40. The van der Waals surface area contributed by atoms with Gasteiger partial charge in [0.25, 0.3) is 5.91 Å². The first-order valence-electron chi connectivity index (χ1n) is 8.84. The lowest BCUT2D eigenvalue weighted by atomic mass is 10.0. The van der Waals surface area contributed by atoms with Gasteiger partial charge in [-0.3, -0.25) is 19.7 Å². The zero-order valence-corrected chi connectivity index (χ0v) is 14.2. The third kappa shape index (κ3) is 2.74. The van der Waals surface area contributed by atoms with Crippen LogP contribution in [0.15, 0.2) is 12.1 Å². The first-order chi connectivity index (χ1) is 12.5. The molecule has 3 atom stereocenters. The van der Waals surface area contributed by atoms with Crippen LogP contribution < -0.4 is 15.8 Å². The number of hydrogen-bond acceptors (Lipinski definition) is 5. The van der Waals surface area contributed by atoms with E-state index in [1.165, 1.54) is 17.0 Å². The topological polar surface area (TPSA) is 102 Å². The maximum atomic E-state index is 14.9. The molecule has 2 aliphatic heterocycles. The molecule has 1 aliphatic carbocycles. The molecule has 4 rings (SSSR count). The van der Waals surface area contributed by atoms with E-state index in [0.29, 0.717) is 0 Å². The maximum Gasteiger partial charge on any atom is 0.255 e. The van der Waals surface area contributed by atoms with Crippen LogP contribution in [0, 0.1) is 5.82 Å². The van der Waals surface area contributed by atoms with Crippen LogP contribution >= 0.6 is 0 Å². The van der Waals surface area contributed by atoms with Crippen molar-refractivity contribution < 1.29 is 23.5 Å². The summed E-state index contributed by atoms with van der Waals surface area (Å²) < 4.78 is 20.7. The van der Waals surface area contributed by atoms with Crippen LogP contribution in [0.2, 0.25) is 0 Å². The zero-order chi connectivity index (χ0) is 18.4. The van der Waals surface area contributed by atoms with Crippen LogP contribution in [0.3, 0.4) is 0 Å². The molecule has 0 spiro atoms. The average Bonchev–Trinajstić information content (AvgIpc) is 3.15. The Kier molecular flexibility index (Phi) is 4.14. The predicted octanol–water partition coefficient (Wildman–Crippen LogP) is 0.845. The van der Waals surface area contributed by atoms with Gasteiger partial charge in [-0.2, -0.15) is 0 Å². The van der Waals surface area contributed by atoms with Gasteiger partial charge in [-0.25, -0.2) is 4.39 Å². The lowest BCUT2D eigenvalue weighted by Gasteiger charge is -2.29. The Labute approximate surface area is 149 Å². The molecule has 1 aromatic rings. The number of ether oxygens (including phenoxy) is 1. The number of nitrogens with one attached hydrogen (secondary N) is 1. The summed E-state index contributed by atoms with van der Waals surface area (Å²) >= 11 is 0. The van der Waals surface area contributed by atoms with Crippen LogP contribution in [0.4, 0.5) is 4.39 Å². The van der Waals surface area contributed by atoms with Crippen LogP contribution in [0.5, 0.6) is 5.75 Å². The SMILES string of the molecule is NC1CCCC1Oc1ccc2c(c1F)CN(C1CCC(=O)NC1=O)C2=O. The molecule has 3 amide bonds. The molecule has 0 radical (unpaired) electrons. The molecule has 3 aliphatic rings. The van der Waals surface area contributed by atoms with Gasteiger partial charge >= 0.3 is 0 Å². The molecule has 1 aromatic carbocycles. The van der Waals surface area contributed by atoms with Gasteiger partial charge in [0.1, 0.15) is 12.1 Å². The van der Waals surface area contributed by atoms with Crippen molar-refractivity contribution in [2.75, 3.05) is 0 Å². The molecule has 8 heteroatoms. The van der Waals surface area contributed by atoms with Crippen molar-refractivity contribution in [3.05, 3.63) is 29.1 Å². The Morgan fingerprint density at radius 2 is 2.00 bits per heavy atom. The highest BCUT2D eigenvalue weighted by molar-refractivity contribution is 6.05. The summed E-state index contributed by atoms with van der Waals surface area (Å²) in [5.41, 5.74) is 6.43. The van der Waals surface area contributed by atoms with Gasteiger partial charge in [0, 0.05) is 23.6 Å². The summed E-state index contributed by atoms with van der Waals surface area (Å²) in [5, 5.41) is 2.23. The lowest BCUT2D eigenvalue weighted by Crippen LogP contribution is -2.52. The third-order valence-electron chi connectivity index (χ3n) is 5.40. The number of carbonyl (C=O) groups is 3. The van der Waals surface area contributed by atoms with E-state index in [1.54, 1.807) is 0 Å². The molecule has 0 bridgehead atoms. The normalized spacial score (nSPS) is 28.3. The molecule has 138 valence electrons. The lowest BCUT2D eigenvalue weighted by molar-refractivity contribution is -0.136. The highest BCUT2D eigenvalue weighted by Gasteiger charge is 2.41. The van der Waals surface area contributed by atoms with E-state index in [9.17, 15) is 18.8 Å². The summed E-state index contributed by atoms with van der Waals surface area (Å²) in [6, 6.07) is 2.09. The Balaban J connectivity index is 1.57. The summed E-state index contributed by atoms with van der Waals surface area (Å²) in [6.07, 6.45) is 2.74. The van der Waals surface area contributed by atoms with Gasteiger partial charge < -0.3 is 15.4 Å². The van der Waals surface area contributed by atoms with E-state index in [1.807, 2.05) is 0 Å². The maximum absolute atomic E-state index is 14.9. The number of carbonyl (C=O) groups excluding carboxylic acids is 3. The quantitative estimate of drug-likeness (QED) is 0.777. The molecular weight excluding hydrogens is 341 g/mol. The molecule has 26 heavy (non-hydrogen) atoms. The Morgan fingerprint density at radius 3 is 2.69 bits per heavy atom. The van der Waals surface area contributed by atoms with Gasteiger partial charge in [-0.1, -0.05) is 0 Å². The minimum atomic E-state index is -0.764. The van der Waals surface area contributed by atoms with Crippen molar-refractivity contribution >= 4 is 17.7 Å². The van der Waals surface area contributed by atoms with Crippen molar-refractivity contribution in [3.63, 3.8) is 0 Å². The Morgan fingerprint density at radius 1 is 1.19 bits per heavy atom. The Hall–Kier alpha value is -2.48. The highest BCUT2D eigenvalue weighted by Crippen LogP contribution is 2.34. The van der Waals surface area contributed by atoms with Crippen molar-refractivity contribution in [2.45, 2.75) is 56.8 Å². The molecule has 1 saturated heterocycles. The molecule has 2 heterocycles. The monoisotopic (exact) mass is 361 g/mol. The minimum absolute atomic E-state index is 0.0137. The number of fused-ring (bicyclic) bond motifs is 1. The molecule has 3 N–H and O–H groups in total. The molecule has 1 saturated carbocycles. The van der Waals surface area contributed by atoms with Gasteiger partial charge in [0.2, 0.25) is 11.8 Å². The number of benzene rings is 1. The molecule has 3 unspecified atom stereocenters. The van der Waals surface area contributed by atoms with Gasteiger partial charge in [0.05, 0.1) is 6.54 Å². The number of nitrogens with zero attached hydrogens (tertiary/aromatic N) is 1. The van der Waals surface area contributed by atoms with Crippen molar-refractivity contribution in [2.24, 2.45) is 5.73 Å². The Bertz CT molecular complexity index is 797. The fourth-order valence-corrected chi connectivity index (χ4v) is 3.94. The fraction of sp³-hybridized carbons (Fsp3) is 0.500. The van der Waals surface area contributed by atoms with Crippen LogP contribution in [0.25, 0.3) is 0 Å². The van der Waals surface area contributed by atoms with Gasteiger partial charge in [-0.05, 0) is 37.8 Å². The number of rotatable bonds is 3. The fourth-order valence-electron chi connectivity index (χ4n) is 3.94. The van der Waals surface area contributed by atoms with E-state index in [2.05, 4.69) is 5.32 Å². The average molecular weight is 361 g/mol. The number of halogens is 1. The van der Waals surface area contributed by atoms with E-state index in [4.69, 9.17) is 10.5 Å². The molecule has 0 aromatic heterocycles. The van der Waals surface area contributed by atoms with Crippen LogP contribution in [-0.2, 0) is 16.1 Å². The van der Waals surface area contributed by atoms with Crippen LogP contribution in [0.1, 0.15) is 48.0 Å². The summed E-state index contributed by atoms with van der Waals surface area (Å²) in [6.45, 7) is -0.0137. The van der Waals surface area contributed by atoms with E-state index < -0.39 is 23.7 Å². The first kappa shape index (κ1) is 17.0. The largest absolute Gasteiger partial charge is 0.486 e. The molecule has 2 fully saturated rings. The van der Waals surface area contributed by atoms with Gasteiger partial charge in [-0.15, -0.1) is 0 Å². The summed E-state index contributed by atoms with van der Waals surface area (Å²) in [5.74, 6) is -1.77. The van der Waals surface area contributed by atoms with Gasteiger partial charge in [0.15, 0.2) is 11.6 Å². The number of nitrogens with two attached hydrogens (primary N) is 1. The van der Waals surface area contributed by atoms with E-state index >= 15 is 0 Å². The molecule has 7 nitrogen and oxygen atoms in total. The van der Waals surface area contributed by atoms with Crippen molar-refractivity contribution in [3.8, 4) is 5.75 Å². The number of amides is 3. The smallest absolute Gasteiger partial charge is 0.255 e. The first-order valence-corrected chi connectivity index (χ1v) is 8.84. The van der Waals surface area contributed by atoms with Crippen molar-refractivity contribution in [1.82, 2.24) is 10.2 Å². The van der Waals surface area contributed by atoms with Crippen molar-refractivity contribution in [1.29, 1.82) is 0 Å². The minimum Gasteiger partial charge on any atom is -0.486 e. The summed E-state index contributed by atoms with van der Waals surface area (Å²) in [7, 11) is 0. The summed E-state index contributed by atoms with van der Waals surface area (Å²) in [4.78, 5) is 37.3.